The van der Waals surface area contributed by atoms with Gasteiger partial charge in [-0.15, -0.1) is 0 Å². The van der Waals surface area contributed by atoms with Crippen molar-refractivity contribution in [2.45, 2.75) is 0 Å². The summed E-state index contributed by atoms with van der Waals surface area (Å²) in [6.45, 7) is 8.62. The zero-order valence-electron chi connectivity index (χ0n) is 23.4. The highest BCUT2D eigenvalue weighted by Crippen LogP contribution is 2.45. The van der Waals surface area contributed by atoms with Crippen molar-refractivity contribution in [2.24, 2.45) is 0 Å². The molecule has 0 radical (unpaired) electrons. The first-order chi connectivity index (χ1) is 20.8. The summed E-state index contributed by atoms with van der Waals surface area (Å²) in [5.41, 5.74) is 11.7. The Labute approximate surface area is 247 Å². The number of fused-ring (bicyclic) bond motifs is 2. The summed E-state index contributed by atoms with van der Waals surface area (Å²) >= 11 is 0. The lowest BCUT2D eigenvalue weighted by Gasteiger charge is -2.21. The van der Waals surface area contributed by atoms with E-state index in [1.165, 1.54) is 60.5 Å². The molecule has 0 aromatic heterocycles. The van der Waals surface area contributed by atoms with Crippen LogP contribution in [0, 0.1) is 0 Å². The molecule has 198 valence electrons. The quantitative estimate of drug-likeness (QED) is 0.199. The molecule has 0 atom stereocenters. The summed E-state index contributed by atoms with van der Waals surface area (Å²) in [5, 5.41) is 4.87. The lowest BCUT2D eigenvalue weighted by atomic mass is 9.82. The SMILES string of the molecule is C=Cc1c(C=C)c(-c2ccc3ccccc3c2)c2ccccc2c1-c1ccc(-c2ccccc2)c(-c2ccccc2)c1. The second kappa shape index (κ2) is 10.8. The van der Waals surface area contributed by atoms with Crippen LogP contribution in [-0.4, -0.2) is 0 Å². The maximum absolute atomic E-state index is 4.32. The van der Waals surface area contributed by atoms with Gasteiger partial charge in [-0.1, -0.05) is 159 Å². The highest BCUT2D eigenvalue weighted by Gasteiger charge is 2.20. The molecule has 0 nitrogen and oxygen atoms in total. The molecule has 0 amide bonds. The first-order valence-corrected chi connectivity index (χ1v) is 14.3. The molecule has 7 aromatic rings. The summed E-state index contributed by atoms with van der Waals surface area (Å²) in [4.78, 5) is 0. The Morgan fingerprint density at radius 2 is 0.833 bits per heavy atom. The monoisotopic (exact) mass is 534 g/mol. The molecule has 0 bridgehead atoms. The maximum atomic E-state index is 4.32. The maximum Gasteiger partial charge on any atom is -0.00264 e. The molecule has 0 aliphatic rings. The highest BCUT2D eigenvalue weighted by atomic mass is 14.2. The van der Waals surface area contributed by atoms with E-state index in [1.54, 1.807) is 0 Å². The molecular formula is C42H30. The summed E-state index contributed by atoms with van der Waals surface area (Å²) < 4.78 is 0. The fraction of sp³-hybridized carbons (Fsp3) is 0. The molecule has 7 rings (SSSR count). The van der Waals surface area contributed by atoms with Gasteiger partial charge < -0.3 is 0 Å². The summed E-state index contributed by atoms with van der Waals surface area (Å²) in [7, 11) is 0. The normalized spacial score (nSPS) is 11.0. The molecule has 0 fully saturated rings. The smallest absolute Gasteiger partial charge is 0.00264 e. The third-order valence-corrected chi connectivity index (χ3v) is 8.22. The summed E-state index contributed by atoms with van der Waals surface area (Å²) in [6, 6.07) is 52.1. The van der Waals surface area contributed by atoms with Crippen molar-refractivity contribution >= 4 is 33.7 Å². The number of rotatable bonds is 6. The number of hydrogen-bond acceptors (Lipinski definition) is 0. The van der Waals surface area contributed by atoms with Gasteiger partial charge in [0.15, 0.2) is 0 Å². The van der Waals surface area contributed by atoms with Crippen molar-refractivity contribution in [1.29, 1.82) is 0 Å². The average molecular weight is 535 g/mol. The standard InChI is InChI=1S/C42H30/c1-3-35-36(4-2)42(34-25-26-37(30-16-7-5-8-17-30)40(28-34)31-18-9-6-10-19-31)39-22-14-13-21-38(39)41(35)33-24-23-29-15-11-12-20-32(29)27-33/h3-28H,1-2H2. The fourth-order valence-electron chi connectivity index (χ4n) is 6.30. The van der Waals surface area contributed by atoms with Gasteiger partial charge in [0.05, 0.1) is 0 Å². The van der Waals surface area contributed by atoms with Crippen molar-refractivity contribution in [2.75, 3.05) is 0 Å². The van der Waals surface area contributed by atoms with Gasteiger partial charge in [-0.05, 0) is 89.3 Å². The number of benzene rings is 7. The van der Waals surface area contributed by atoms with E-state index in [9.17, 15) is 0 Å². The second-order valence-electron chi connectivity index (χ2n) is 10.6. The van der Waals surface area contributed by atoms with Gasteiger partial charge in [-0.2, -0.15) is 0 Å². The van der Waals surface area contributed by atoms with Crippen LogP contribution in [0.3, 0.4) is 0 Å². The van der Waals surface area contributed by atoms with Gasteiger partial charge in [0.1, 0.15) is 0 Å². The van der Waals surface area contributed by atoms with E-state index in [-0.39, 0.29) is 0 Å². The van der Waals surface area contributed by atoms with Gasteiger partial charge in [0, 0.05) is 0 Å². The topological polar surface area (TPSA) is 0 Å². The molecule has 0 N–H and O–H groups in total. The first kappa shape index (κ1) is 25.5. The van der Waals surface area contributed by atoms with Gasteiger partial charge >= 0.3 is 0 Å². The minimum atomic E-state index is 1.10. The van der Waals surface area contributed by atoms with E-state index < -0.39 is 0 Å². The van der Waals surface area contributed by atoms with Crippen molar-refractivity contribution in [1.82, 2.24) is 0 Å². The van der Waals surface area contributed by atoms with Crippen molar-refractivity contribution in [3.8, 4) is 44.5 Å². The summed E-state index contributed by atoms with van der Waals surface area (Å²) in [5.74, 6) is 0. The lowest BCUT2D eigenvalue weighted by Crippen LogP contribution is -1.97. The predicted octanol–water partition coefficient (Wildman–Crippen LogP) is 11.9. The van der Waals surface area contributed by atoms with Crippen LogP contribution in [0.4, 0.5) is 0 Å². The third kappa shape index (κ3) is 4.35. The van der Waals surface area contributed by atoms with Gasteiger partial charge in [0.25, 0.3) is 0 Å². The first-order valence-electron chi connectivity index (χ1n) is 14.3. The molecular weight excluding hydrogens is 504 g/mol. The predicted molar refractivity (Wildman–Crippen MR) is 183 cm³/mol. The van der Waals surface area contributed by atoms with Crippen LogP contribution >= 0.6 is 0 Å². The van der Waals surface area contributed by atoms with E-state index in [0.717, 1.165) is 16.7 Å². The molecule has 0 saturated carbocycles. The zero-order chi connectivity index (χ0) is 28.5. The minimum Gasteiger partial charge on any atom is -0.0984 e. The Morgan fingerprint density at radius 3 is 1.43 bits per heavy atom. The number of hydrogen-bond donors (Lipinski definition) is 0. The Kier molecular flexibility index (Phi) is 6.58. The summed E-state index contributed by atoms with van der Waals surface area (Å²) in [6.07, 6.45) is 3.99. The average Bonchev–Trinajstić information content (AvgIpc) is 3.07. The lowest BCUT2D eigenvalue weighted by molar-refractivity contribution is 1.56. The van der Waals surface area contributed by atoms with E-state index in [4.69, 9.17) is 0 Å². The van der Waals surface area contributed by atoms with E-state index >= 15 is 0 Å². The molecule has 42 heavy (non-hydrogen) atoms. The highest BCUT2D eigenvalue weighted by molar-refractivity contribution is 6.12. The molecule has 0 aliphatic heterocycles. The van der Waals surface area contributed by atoms with E-state index in [0.29, 0.717) is 0 Å². The minimum absolute atomic E-state index is 1.10. The van der Waals surface area contributed by atoms with Crippen molar-refractivity contribution in [3.05, 3.63) is 170 Å². The van der Waals surface area contributed by atoms with Gasteiger partial charge in [0.2, 0.25) is 0 Å². The third-order valence-electron chi connectivity index (χ3n) is 8.22. The Balaban J connectivity index is 1.54. The molecule has 0 heterocycles. The van der Waals surface area contributed by atoms with Crippen molar-refractivity contribution < 1.29 is 0 Å². The van der Waals surface area contributed by atoms with Crippen LogP contribution in [0.15, 0.2) is 159 Å². The Bertz CT molecular complexity index is 2100. The largest absolute Gasteiger partial charge is 0.0984 e. The van der Waals surface area contributed by atoms with Crippen LogP contribution in [-0.2, 0) is 0 Å². The molecule has 0 unspecified atom stereocenters. The van der Waals surface area contributed by atoms with Crippen LogP contribution in [0.25, 0.3) is 78.2 Å². The molecule has 0 saturated heterocycles. The zero-order valence-corrected chi connectivity index (χ0v) is 23.4. The van der Waals surface area contributed by atoms with Crippen LogP contribution in [0.5, 0.6) is 0 Å². The van der Waals surface area contributed by atoms with Gasteiger partial charge in [-0.25, -0.2) is 0 Å². The molecule has 0 aliphatic carbocycles. The second-order valence-corrected chi connectivity index (χ2v) is 10.6. The van der Waals surface area contributed by atoms with Crippen LogP contribution < -0.4 is 0 Å². The van der Waals surface area contributed by atoms with Gasteiger partial charge in [-0.3, -0.25) is 0 Å². The molecule has 0 heteroatoms. The van der Waals surface area contributed by atoms with E-state index in [1.807, 2.05) is 12.2 Å². The Hall–Kier alpha value is -5.46. The Morgan fingerprint density at radius 1 is 0.357 bits per heavy atom. The fourth-order valence-corrected chi connectivity index (χ4v) is 6.30. The molecule has 0 spiro atoms. The van der Waals surface area contributed by atoms with Crippen LogP contribution in [0.2, 0.25) is 0 Å². The van der Waals surface area contributed by atoms with E-state index in [2.05, 4.69) is 159 Å². The molecule has 7 aromatic carbocycles. The van der Waals surface area contributed by atoms with Crippen molar-refractivity contribution in [3.63, 3.8) is 0 Å². The van der Waals surface area contributed by atoms with Crippen LogP contribution in [0.1, 0.15) is 11.1 Å².